The van der Waals surface area contributed by atoms with Crippen molar-refractivity contribution in [2.24, 2.45) is 4.99 Å². The molecule has 6 nitrogen and oxygen atoms in total. The van der Waals surface area contributed by atoms with E-state index < -0.39 is 9.84 Å². The van der Waals surface area contributed by atoms with Gasteiger partial charge < -0.3 is 10.6 Å². The van der Waals surface area contributed by atoms with Gasteiger partial charge in [-0.15, -0.1) is 0 Å². The molecular formula is C13H21ClN4O2S. The Morgan fingerprint density at radius 3 is 2.71 bits per heavy atom. The Morgan fingerprint density at radius 1 is 1.48 bits per heavy atom. The van der Waals surface area contributed by atoms with Gasteiger partial charge in [-0.05, 0) is 25.0 Å². The van der Waals surface area contributed by atoms with Gasteiger partial charge in [-0.2, -0.15) is 0 Å². The van der Waals surface area contributed by atoms with Crippen molar-refractivity contribution in [3.05, 3.63) is 29.0 Å². The lowest BCUT2D eigenvalue weighted by Crippen LogP contribution is -2.42. The molecular weight excluding hydrogens is 312 g/mol. The third-order valence-corrected chi connectivity index (χ3v) is 3.98. The lowest BCUT2D eigenvalue weighted by atomic mass is 10.2. The van der Waals surface area contributed by atoms with E-state index in [1.807, 2.05) is 13.0 Å². The molecule has 0 saturated heterocycles. The smallest absolute Gasteiger partial charge is 0.191 e. The van der Waals surface area contributed by atoms with Crippen LogP contribution in [0.15, 0.2) is 23.3 Å². The molecule has 2 N–H and O–H groups in total. The molecule has 0 amide bonds. The second-order valence-electron chi connectivity index (χ2n) is 4.88. The second-order valence-corrected chi connectivity index (χ2v) is 7.53. The molecule has 0 bridgehead atoms. The minimum absolute atomic E-state index is 0.00858. The van der Waals surface area contributed by atoms with Gasteiger partial charge in [0, 0.05) is 32.1 Å². The Balaban J connectivity index is 2.43. The third kappa shape index (κ3) is 7.87. The normalized spacial score (nSPS) is 13.8. The average molecular weight is 333 g/mol. The first-order valence-electron chi connectivity index (χ1n) is 6.55. The largest absolute Gasteiger partial charge is 0.354 e. The summed E-state index contributed by atoms with van der Waals surface area (Å²) in [5.74, 6) is 0.769. The summed E-state index contributed by atoms with van der Waals surface area (Å²) in [6.07, 6.45) is 3.46. The van der Waals surface area contributed by atoms with E-state index in [-0.39, 0.29) is 11.8 Å². The second kappa shape index (κ2) is 8.19. The summed E-state index contributed by atoms with van der Waals surface area (Å²) in [4.78, 5) is 8.10. The highest BCUT2D eigenvalue weighted by atomic mass is 35.5. The highest BCUT2D eigenvalue weighted by Crippen LogP contribution is 2.04. The molecule has 1 unspecified atom stereocenters. The monoisotopic (exact) mass is 332 g/mol. The van der Waals surface area contributed by atoms with Crippen molar-refractivity contribution in [3.63, 3.8) is 0 Å². The van der Waals surface area contributed by atoms with Crippen molar-refractivity contribution in [2.45, 2.75) is 25.9 Å². The van der Waals surface area contributed by atoms with Crippen LogP contribution in [0.2, 0.25) is 5.15 Å². The number of guanidine groups is 1. The van der Waals surface area contributed by atoms with Crippen LogP contribution in [0.4, 0.5) is 0 Å². The number of nitrogens with one attached hydrogen (secondary N) is 2. The van der Waals surface area contributed by atoms with E-state index in [1.165, 1.54) is 6.26 Å². The molecule has 0 aliphatic heterocycles. The van der Waals surface area contributed by atoms with E-state index in [2.05, 4.69) is 20.6 Å². The minimum atomic E-state index is -2.94. The Morgan fingerprint density at radius 2 is 2.19 bits per heavy atom. The van der Waals surface area contributed by atoms with Crippen molar-refractivity contribution in [1.82, 2.24) is 15.6 Å². The molecule has 0 saturated carbocycles. The molecule has 8 heteroatoms. The SMILES string of the molecule is CN=C(NCc1ccc(Cl)nc1)NC(C)CCS(C)(=O)=O. The van der Waals surface area contributed by atoms with Crippen molar-refractivity contribution in [2.75, 3.05) is 19.1 Å². The van der Waals surface area contributed by atoms with Gasteiger partial charge >= 0.3 is 0 Å². The number of halogens is 1. The maximum Gasteiger partial charge on any atom is 0.191 e. The van der Waals surface area contributed by atoms with Gasteiger partial charge in [0.1, 0.15) is 15.0 Å². The molecule has 118 valence electrons. The van der Waals surface area contributed by atoms with E-state index in [1.54, 1.807) is 19.3 Å². The summed E-state index contributed by atoms with van der Waals surface area (Å²) in [6.45, 7) is 2.48. The summed E-state index contributed by atoms with van der Waals surface area (Å²) in [6, 6.07) is 3.61. The summed E-state index contributed by atoms with van der Waals surface area (Å²) < 4.78 is 22.3. The standard InChI is InChI=1S/C13H21ClN4O2S/c1-10(6-7-21(3,19)20)18-13(15-2)17-9-11-4-5-12(14)16-8-11/h4-5,8,10H,6-7,9H2,1-3H3,(H2,15,17,18). The molecule has 1 aromatic rings. The highest BCUT2D eigenvalue weighted by molar-refractivity contribution is 7.90. The van der Waals surface area contributed by atoms with Crippen molar-refractivity contribution in [1.29, 1.82) is 0 Å². The van der Waals surface area contributed by atoms with Crippen molar-refractivity contribution < 1.29 is 8.42 Å². The number of nitrogens with zero attached hydrogens (tertiary/aromatic N) is 2. The zero-order chi connectivity index (χ0) is 15.9. The number of sulfone groups is 1. The Labute approximate surface area is 130 Å². The topological polar surface area (TPSA) is 83.4 Å². The molecule has 0 aromatic carbocycles. The van der Waals surface area contributed by atoms with Crippen LogP contribution in [0, 0.1) is 0 Å². The van der Waals surface area contributed by atoms with Crippen molar-refractivity contribution >= 4 is 27.4 Å². The lowest BCUT2D eigenvalue weighted by Gasteiger charge is -2.17. The fourth-order valence-corrected chi connectivity index (χ4v) is 2.48. The van der Waals surface area contributed by atoms with E-state index >= 15 is 0 Å². The van der Waals surface area contributed by atoms with Crippen LogP contribution in [0.25, 0.3) is 0 Å². The number of hydrogen-bond acceptors (Lipinski definition) is 4. The van der Waals surface area contributed by atoms with Gasteiger partial charge in [0.05, 0.1) is 5.75 Å². The zero-order valence-corrected chi connectivity index (χ0v) is 14.0. The minimum Gasteiger partial charge on any atom is -0.354 e. The first-order chi connectivity index (χ1) is 9.80. The van der Waals surface area contributed by atoms with E-state index in [4.69, 9.17) is 11.6 Å². The predicted octanol–water partition coefficient (Wildman–Crippen LogP) is 1.22. The lowest BCUT2D eigenvalue weighted by molar-refractivity contribution is 0.581. The summed E-state index contributed by atoms with van der Waals surface area (Å²) in [5.41, 5.74) is 0.978. The quantitative estimate of drug-likeness (QED) is 0.465. The van der Waals surface area contributed by atoms with Gasteiger partial charge in [0.25, 0.3) is 0 Å². The first-order valence-corrected chi connectivity index (χ1v) is 8.99. The summed E-state index contributed by atoms with van der Waals surface area (Å²) >= 11 is 5.73. The van der Waals surface area contributed by atoms with Crippen LogP contribution in [0.3, 0.4) is 0 Å². The van der Waals surface area contributed by atoms with Crippen LogP contribution >= 0.6 is 11.6 Å². The molecule has 1 rings (SSSR count). The van der Waals surface area contributed by atoms with Gasteiger partial charge in [0.15, 0.2) is 5.96 Å². The van der Waals surface area contributed by atoms with Gasteiger partial charge in [-0.25, -0.2) is 13.4 Å². The first kappa shape index (κ1) is 17.7. The average Bonchev–Trinajstić information content (AvgIpc) is 2.42. The molecule has 1 heterocycles. The molecule has 0 aliphatic rings. The number of pyridine rings is 1. The molecule has 0 aliphatic carbocycles. The maximum absolute atomic E-state index is 11.1. The van der Waals surface area contributed by atoms with Crippen LogP contribution in [0.5, 0.6) is 0 Å². The van der Waals surface area contributed by atoms with E-state index in [0.29, 0.717) is 24.1 Å². The fourth-order valence-electron chi connectivity index (χ4n) is 1.59. The number of hydrogen-bond donors (Lipinski definition) is 2. The summed E-state index contributed by atoms with van der Waals surface area (Å²) in [5, 5.41) is 6.74. The fraction of sp³-hybridized carbons (Fsp3) is 0.538. The third-order valence-electron chi connectivity index (χ3n) is 2.78. The molecule has 1 atom stereocenters. The van der Waals surface area contributed by atoms with Crippen LogP contribution in [-0.4, -0.2) is 44.5 Å². The van der Waals surface area contributed by atoms with Crippen LogP contribution in [-0.2, 0) is 16.4 Å². The highest BCUT2D eigenvalue weighted by Gasteiger charge is 2.09. The molecule has 0 fully saturated rings. The van der Waals surface area contributed by atoms with Gasteiger partial charge in [-0.3, -0.25) is 4.99 Å². The van der Waals surface area contributed by atoms with E-state index in [0.717, 1.165) is 5.56 Å². The Bertz CT molecular complexity index is 572. The zero-order valence-electron chi connectivity index (χ0n) is 12.4. The van der Waals surface area contributed by atoms with Gasteiger partial charge in [-0.1, -0.05) is 17.7 Å². The molecule has 21 heavy (non-hydrogen) atoms. The molecule has 0 spiro atoms. The molecule has 0 radical (unpaired) electrons. The van der Waals surface area contributed by atoms with Crippen LogP contribution < -0.4 is 10.6 Å². The number of aliphatic imine (C=N–C) groups is 1. The summed E-state index contributed by atoms with van der Waals surface area (Å²) in [7, 11) is -1.28. The maximum atomic E-state index is 11.1. The van der Waals surface area contributed by atoms with Crippen LogP contribution in [0.1, 0.15) is 18.9 Å². The van der Waals surface area contributed by atoms with E-state index in [9.17, 15) is 8.42 Å². The predicted molar refractivity (Wildman–Crippen MR) is 86.4 cm³/mol. The van der Waals surface area contributed by atoms with Crippen molar-refractivity contribution in [3.8, 4) is 0 Å². The Hall–Kier alpha value is -1.34. The number of aromatic nitrogens is 1. The Kier molecular flexibility index (Phi) is 6.91. The molecule has 1 aromatic heterocycles. The number of rotatable bonds is 6. The van der Waals surface area contributed by atoms with Gasteiger partial charge in [0.2, 0.25) is 0 Å².